The summed E-state index contributed by atoms with van der Waals surface area (Å²) < 4.78 is 28.4. The first-order chi connectivity index (χ1) is 18.0. The molecule has 0 bridgehead atoms. The molecular weight excluding hydrogens is 592 g/mol. The van der Waals surface area contributed by atoms with Crippen molar-refractivity contribution in [3.8, 4) is 0 Å². The summed E-state index contributed by atoms with van der Waals surface area (Å²) in [4.78, 5) is 27.9. The smallest absolute Gasteiger partial charge is 0.264 e. The second kappa shape index (κ2) is 13.0. The van der Waals surface area contributed by atoms with Gasteiger partial charge in [-0.05, 0) is 66.6 Å². The van der Waals surface area contributed by atoms with Crippen LogP contribution in [0.25, 0.3) is 0 Å². The van der Waals surface area contributed by atoms with Crippen molar-refractivity contribution in [2.75, 3.05) is 17.9 Å². The van der Waals surface area contributed by atoms with Crippen LogP contribution in [0.1, 0.15) is 18.9 Å². The fourth-order valence-electron chi connectivity index (χ4n) is 3.81. The molecule has 0 heterocycles. The largest absolute Gasteiger partial charge is 0.357 e. The van der Waals surface area contributed by atoms with Gasteiger partial charge in [-0.15, -0.1) is 0 Å². The summed E-state index contributed by atoms with van der Waals surface area (Å²) in [5, 5.41) is 3.93. The minimum atomic E-state index is -4.24. The minimum Gasteiger partial charge on any atom is -0.357 e. The Labute approximate surface area is 242 Å². The van der Waals surface area contributed by atoms with Gasteiger partial charge in [-0.25, -0.2) is 8.42 Å². The van der Waals surface area contributed by atoms with E-state index < -0.39 is 34.4 Å². The molecule has 0 aromatic heterocycles. The van der Waals surface area contributed by atoms with Crippen LogP contribution < -0.4 is 9.62 Å². The molecule has 202 valence electrons. The Morgan fingerprint density at radius 3 is 2.11 bits per heavy atom. The molecule has 0 fully saturated rings. The summed E-state index contributed by atoms with van der Waals surface area (Å²) >= 11 is 24.5. The molecule has 1 atom stereocenters. The Hall–Kier alpha value is -2.49. The van der Waals surface area contributed by atoms with Gasteiger partial charge < -0.3 is 10.2 Å². The Kier molecular flexibility index (Phi) is 10.3. The van der Waals surface area contributed by atoms with E-state index in [0.29, 0.717) is 20.6 Å². The maximum atomic E-state index is 13.9. The van der Waals surface area contributed by atoms with Gasteiger partial charge in [0.15, 0.2) is 0 Å². The molecule has 0 aliphatic heterocycles. The zero-order chi connectivity index (χ0) is 28.0. The molecule has 0 unspecified atom stereocenters. The first-order valence-corrected chi connectivity index (χ1v) is 14.4. The average molecular weight is 617 g/mol. The van der Waals surface area contributed by atoms with Crippen molar-refractivity contribution >= 4 is 73.9 Å². The van der Waals surface area contributed by atoms with Crippen LogP contribution >= 0.6 is 46.4 Å². The number of likely N-dealkylation sites (N-methyl/N-ethyl adjacent to an activating group) is 1. The van der Waals surface area contributed by atoms with Crippen molar-refractivity contribution in [1.82, 2.24) is 10.2 Å². The number of nitrogens with zero attached hydrogens (tertiary/aromatic N) is 2. The van der Waals surface area contributed by atoms with Gasteiger partial charge in [-0.3, -0.25) is 13.9 Å². The van der Waals surface area contributed by atoms with E-state index >= 15 is 0 Å². The first kappa shape index (κ1) is 30.1. The van der Waals surface area contributed by atoms with Crippen molar-refractivity contribution in [2.45, 2.75) is 30.8 Å². The SMILES string of the molecule is CC[C@H](C(=O)NC)N(Cc1ccc(Cl)cc1Cl)C(=O)CN(c1cccc(Cl)c1)S(=O)(=O)c1ccc(Cl)cc1. The molecule has 3 aromatic rings. The van der Waals surface area contributed by atoms with E-state index in [-0.39, 0.29) is 28.6 Å². The van der Waals surface area contributed by atoms with Crippen LogP contribution in [0, 0.1) is 0 Å². The topological polar surface area (TPSA) is 86.8 Å². The van der Waals surface area contributed by atoms with E-state index in [9.17, 15) is 18.0 Å². The van der Waals surface area contributed by atoms with Crippen LogP contribution in [0.2, 0.25) is 20.1 Å². The summed E-state index contributed by atoms with van der Waals surface area (Å²) in [5.74, 6) is -1.02. The van der Waals surface area contributed by atoms with E-state index in [0.717, 1.165) is 4.31 Å². The van der Waals surface area contributed by atoms with Crippen LogP contribution in [-0.2, 0) is 26.2 Å². The number of amides is 2. The van der Waals surface area contributed by atoms with Crippen molar-refractivity contribution in [2.24, 2.45) is 0 Å². The third kappa shape index (κ3) is 7.12. The molecule has 0 spiro atoms. The molecule has 38 heavy (non-hydrogen) atoms. The number of hydrogen-bond donors (Lipinski definition) is 1. The van der Waals surface area contributed by atoms with Gasteiger partial charge in [0.2, 0.25) is 11.8 Å². The fourth-order valence-corrected chi connectivity index (χ4v) is 6.00. The lowest BCUT2D eigenvalue weighted by Crippen LogP contribution is -2.51. The van der Waals surface area contributed by atoms with Gasteiger partial charge in [0.1, 0.15) is 12.6 Å². The van der Waals surface area contributed by atoms with Gasteiger partial charge in [-0.2, -0.15) is 0 Å². The lowest BCUT2D eigenvalue weighted by molar-refractivity contribution is -0.140. The highest BCUT2D eigenvalue weighted by Crippen LogP contribution is 2.28. The van der Waals surface area contributed by atoms with Gasteiger partial charge in [0.05, 0.1) is 10.6 Å². The molecule has 0 aliphatic rings. The van der Waals surface area contributed by atoms with Crippen LogP contribution in [0.15, 0.2) is 71.6 Å². The van der Waals surface area contributed by atoms with Gasteiger partial charge >= 0.3 is 0 Å². The molecule has 2 amide bonds. The molecular formula is C26H25Cl4N3O4S. The second-order valence-corrected chi connectivity index (χ2v) is 11.8. The number of rotatable bonds is 10. The number of anilines is 1. The van der Waals surface area contributed by atoms with Gasteiger partial charge in [0, 0.05) is 33.7 Å². The number of nitrogens with one attached hydrogen (secondary N) is 1. The summed E-state index contributed by atoms with van der Waals surface area (Å²) in [6.45, 7) is 1.10. The normalized spacial score (nSPS) is 12.1. The van der Waals surface area contributed by atoms with Crippen molar-refractivity contribution in [3.63, 3.8) is 0 Å². The highest BCUT2D eigenvalue weighted by atomic mass is 35.5. The summed E-state index contributed by atoms with van der Waals surface area (Å²) in [6.07, 6.45) is 0.276. The van der Waals surface area contributed by atoms with E-state index in [4.69, 9.17) is 46.4 Å². The molecule has 3 aromatic carbocycles. The molecule has 0 saturated heterocycles. The minimum absolute atomic E-state index is 0.0505. The molecule has 7 nitrogen and oxygen atoms in total. The van der Waals surface area contributed by atoms with Crippen molar-refractivity contribution in [3.05, 3.63) is 92.4 Å². The standard InChI is InChI=1S/C26H25Cl4N3O4S/c1-3-24(26(35)31-2)32(15-17-7-8-20(29)14-23(17)30)25(34)16-33(21-6-4-5-19(28)13-21)38(36,37)22-11-9-18(27)10-12-22/h4-14,24H,3,15-16H2,1-2H3,(H,31,35)/t24-/m1/s1. The fraction of sp³-hybridized carbons (Fsp3) is 0.231. The zero-order valence-electron chi connectivity index (χ0n) is 20.5. The number of carbonyl (C=O) groups is 2. The van der Waals surface area contributed by atoms with Crippen LogP contribution in [-0.4, -0.2) is 44.8 Å². The molecule has 0 saturated carbocycles. The number of carbonyl (C=O) groups excluding carboxylic acids is 2. The molecule has 0 aliphatic carbocycles. The zero-order valence-corrected chi connectivity index (χ0v) is 24.3. The quantitative estimate of drug-likeness (QED) is 0.300. The Morgan fingerprint density at radius 2 is 1.53 bits per heavy atom. The highest BCUT2D eigenvalue weighted by Gasteiger charge is 2.33. The van der Waals surface area contributed by atoms with E-state index in [2.05, 4.69) is 5.32 Å². The van der Waals surface area contributed by atoms with E-state index in [1.54, 1.807) is 31.2 Å². The van der Waals surface area contributed by atoms with Crippen LogP contribution in [0.5, 0.6) is 0 Å². The van der Waals surface area contributed by atoms with E-state index in [1.165, 1.54) is 54.4 Å². The molecule has 12 heteroatoms. The second-order valence-electron chi connectivity index (χ2n) is 8.24. The highest BCUT2D eigenvalue weighted by molar-refractivity contribution is 7.92. The molecule has 1 N–H and O–H groups in total. The molecule has 0 radical (unpaired) electrons. The van der Waals surface area contributed by atoms with E-state index in [1.807, 2.05) is 0 Å². The summed E-state index contributed by atoms with van der Waals surface area (Å²) in [7, 11) is -2.77. The van der Waals surface area contributed by atoms with Crippen molar-refractivity contribution in [1.29, 1.82) is 0 Å². The Morgan fingerprint density at radius 1 is 0.895 bits per heavy atom. The number of sulfonamides is 1. The van der Waals surface area contributed by atoms with Gasteiger partial charge in [-0.1, -0.05) is 65.5 Å². The monoisotopic (exact) mass is 615 g/mol. The Bertz CT molecular complexity index is 1420. The first-order valence-electron chi connectivity index (χ1n) is 11.5. The van der Waals surface area contributed by atoms with Gasteiger partial charge in [0.25, 0.3) is 10.0 Å². The van der Waals surface area contributed by atoms with Crippen molar-refractivity contribution < 1.29 is 18.0 Å². The average Bonchev–Trinajstić information content (AvgIpc) is 2.88. The van der Waals surface area contributed by atoms with Crippen LogP contribution in [0.3, 0.4) is 0 Å². The lowest BCUT2D eigenvalue weighted by Gasteiger charge is -2.33. The number of hydrogen-bond acceptors (Lipinski definition) is 4. The predicted molar refractivity (Wildman–Crippen MR) is 153 cm³/mol. The summed E-state index contributed by atoms with van der Waals surface area (Å²) in [6, 6.07) is 15.7. The third-order valence-corrected chi connectivity index (χ3v) is 8.63. The Balaban J connectivity index is 2.08. The number of benzene rings is 3. The van der Waals surface area contributed by atoms with Crippen LogP contribution in [0.4, 0.5) is 5.69 Å². The predicted octanol–water partition coefficient (Wildman–Crippen LogP) is 6.05. The lowest BCUT2D eigenvalue weighted by atomic mass is 10.1. The maximum absolute atomic E-state index is 13.9. The maximum Gasteiger partial charge on any atom is 0.264 e. The number of halogens is 4. The molecule has 3 rings (SSSR count). The summed E-state index contributed by atoms with van der Waals surface area (Å²) in [5.41, 5.74) is 0.722. The third-order valence-electron chi connectivity index (χ3n) is 5.76.